The van der Waals surface area contributed by atoms with Gasteiger partial charge in [0.25, 0.3) is 0 Å². The minimum absolute atomic E-state index is 0.00618. The summed E-state index contributed by atoms with van der Waals surface area (Å²) in [5, 5.41) is 3.23. The maximum atomic E-state index is 13.0. The lowest BCUT2D eigenvalue weighted by atomic mass is 9.95. The van der Waals surface area contributed by atoms with Gasteiger partial charge in [0.1, 0.15) is 11.6 Å². The molecule has 33 heavy (non-hydrogen) atoms. The maximum absolute atomic E-state index is 13.0. The third-order valence-corrected chi connectivity index (χ3v) is 7.26. The number of piperidine rings is 1. The molecule has 1 N–H and O–H groups in total. The monoisotopic (exact) mass is 447 g/mol. The Labute approximate surface area is 195 Å². The summed E-state index contributed by atoms with van der Waals surface area (Å²) in [6.07, 6.45) is 6.61. The van der Waals surface area contributed by atoms with Gasteiger partial charge >= 0.3 is 0 Å². The normalized spacial score (nSPS) is 21.3. The largest absolute Gasteiger partial charge is 0.356 e. The molecule has 1 atom stereocenters. The Bertz CT molecular complexity index is 1040. The van der Waals surface area contributed by atoms with Crippen LogP contribution in [0.3, 0.4) is 0 Å². The number of hydrogen-bond donors (Lipinski definition) is 1. The van der Waals surface area contributed by atoms with Crippen molar-refractivity contribution in [1.29, 1.82) is 0 Å². The van der Waals surface area contributed by atoms with Gasteiger partial charge in [-0.1, -0.05) is 17.7 Å². The molecule has 0 spiro atoms. The van der Waals surface area contributed by atoms with Gasteiger partial charge in [0.15, 0.2) is 0 Å². The number of nitrogens with zero attached hydrogens (tertiary/aromatic N) is 4. The van der Waals surface area contributed by atoms with E-state index < -0.39 is 0 Å². The molecule has 2 fully saturated rings. The Balaban J connectivity index is 1.17. The molecule has 1 aromatic carbocycles. The molecule has 3 aliphatic rings. The van der Waals surface area contributed by atoms with Crippen LogP contribution in [0, 0.1) is 19.8 Å². The molecule has 0 unspecified atom stereocenters. The number of hydrogen-bond acceptors (Lipinski definition) is 5. The van der Waals surface area contributed by atoms with E-state index in [4.69, 9.17) is 4.98 Å². The van der Waals surface area contributed by atoms with E-state index in [1.807, 2.05) is 38.1 Å². The highest BCUT2D eigenvalue weighted by atomic mass is 16.2. The van der Waals surface area contributed by atoms with E-state index in [-0.39, 0.29) is 30.2 Å². The van der Waals surface area contributed by atoms with Crippen LogP contribution < -0.4 is 15.1 Å². The zero-order valence-electron chi connectivity index (χ0n) is 19.6. The summed E-state index contributed by atoms with van der Waals surface area (Å²) < 4.78 is 0. The van der Waals surface area contributed by atoms with Gasteiger partial charge in [0.05, 0.1) is 5.92 Å². The van der Waals surface area contributed by atoms with Crippen molar-refractivity contribution >= 4 is 23.3 Å². The van der Waals surface area contributed by atoms with Crippen LogP contribution in [0.4, 0.5) is 11.5 Å². The highest BCUT2D eigenvalue weighted by Gasteiger charge is 2.36. The first kappa shape index (κ1) is 21.9. The molecule has 2 saturated heterocycles. The second-order valence-corrected chi connectivity index (χ2v) is 9.74. The molecule has 0 saturated carbocycles. The average Bonchev–Trinajstić information content (AvgIpc) is 3.21. The molecular weight excluding hydrogens is 414 g/mol. The summed E-state index contributed by atoms with van der Waals surface area (Å²) in [6, 6.07) is 8.06. The summed E-state index contributed by atoms with van der Waals surface area (Å²) in [5.74, 6) is 1.71. The van der Waals surface area contributed by atoms with E-state index >= 15 is 0 Å². The molecule has 0 radical (unpaired) electrons. The van der Waals surface area contributed by atoms with Gasteiger partial charge in [-0.15, -0.1) is 0 Å². The fraction of sp³-hybridized carbons (Fsp3) is 0.538. The van der Waals surface area contributed by atoms with Crippen LogP contribution >= 0.6 is 0 Å². The van der Waals surface area contributed by atoms with Gasteiger partial charge in [0.2, 0.25) is 11.8 Å². The lowest BCUT2D eigenvalue weighted by Gasteiger charge is -2.35. The number of rotatable bonds is 4. The number of aryl methyl sites for hydroxylation is 3. The van der Waals surface area contributed by atoms with Crippen molar-refractivity contribution in [3.8, 4) is 0 Å². The Hall–Kier alpha value is -2.96. The van der Waals surface area contributed by atoms with Gasteiger partial charge in [-0.3, -0.25) is 9.59 Å². The lowest BCUT2D eigenvalue weighted by Crippen LogP contribution is -2.47. The lowest BCUT2D eigenvalue weighted by molar-refractivity contribution is -0.127. The molecule has 2 aromatic rings. The Kier molecular flexibility index (Phi) is 6.04. The number of anilines is 2. The molecule has 7 heteroatoms. The smallest absolute Gasteiger partial charge is 0.227 e. The van der Waals surface area contributed by atoms with Crippen LogP contribution in [0.15, 0.2) is 24.3 Å². The van der Waals surface area contributed by atoms with E-state index in [0.717, 1.165) is 61.7 Å². The van der Waals surface area contributed by atoms with Crippen LogP contribution in [-0.2, 0) is 22.4 Å². The van der Waals surface area contributed by atoms with Gasteiger partial charge in [-0.25, -0.2) is 9.97 Å². The van der Waals surface area contributed by atoms with Crippen LogP contribution in [0.2, 0.25) is 0 Å². The molecular formula is C26H33N5O2. The topological polar surface area (TPSA) is 78.4 Å². The van der Waals surface area contributed by atoms with Crippen LogP contribution in [0.1, 0.15) is 54.7 Å². The zero-order chi connectivity index (χ0) is 22.9. The molecule has 7 nitrogen and oxygen atoms in total. The molecule has 2 aliphatic heterocycles. The standard InChI is InChI=1S/C26H33N5O2/c1-17-7-9-21(10-8-17)31-16-19(15-24(31)32)26(33)29-20-11-13-30(14-12-20)25-22-5-3-4-6-23(22)27-18(2)28-25/h7-10,19-20H,3-6,11-16H2,1-2H3,(H,29,33)/t19-/m1/s1. The van der Waals surface area contributed by atoms with E-state index in [1.165, 1.54) is 24.1 Å². The molecule has 174 valence electrons. The van der Waals surface area contributed by atoms with Gasteiger partial charge in [-0.2, -0.15) is 0 Å². The number of nitrogens with one attached hydrogen (secondary N) is 1. The summed E-state index contributed by atoms with van der Waals surface area (Å²) in [7, 11) is 0. The van der Waals surface area contributed by atoms with Crippen molar-refractivity contribution in [2.24, 2.45) is 5.92 Å². The second-order valence-electron chi connectivity index (χ2n) is 9.74. The highest BCUT2D eigenvalue weighted by molar-refractivity contribution is 6.00. The number of carbonyl (C=O) groups excluding carboxylic acids is 2. The number of carbonyl (C=O) groups is 2. The molecule has 5 rings (SSSR count). The molecule has 3 heterocycles. The van der Waals surface area contributed by atoms with Gasteiger partial charge < -0.3 is 15.1 Å². The fourth-order valence-electron chi connectivity index (χ4n) is 5.37. The van der Waals surface area contributed by atoms with Crippen molar-refractivity contribution in [3.63, 3.8) is 0 Å². The average molecular weight is 448 g/mol. The second kappa shape index (κ2) is 9.12. The van der Waals surface area contributed by atoms with Crippen molar-refractivity contribution in [1.82, 2.24) is 15.3 Å². The summed E-state index contributed by atoms with van der Waals surface area (Å²) in [5.41, 5.74) is 4.58. The third kappa shape index (κ3) is 4.59. The first-order chi connectivity index (χ1) is 16.0. The fourth-order valence-corrected chi connectivity index (χ4v) is 5.37. The van der Waals surface area contributed by atoms with Crippen molar-refractivity contribution in [2.75, 3.05) is 29.4 Å². The van der Waals surface area contributed by atoms with Crippen LogP contribution in [0.25, 0.3) is 0 Å². The van der Waals surface area contributed by atoms with Crippen LogP contribution in [-0.4, -0.2) is 47.5 Å². The predicted molar refractivity (Wildman–Crippen MR) is 128 cm³/mol. The summed E-state index contributed by atoms with van der Waals surface area (Å²) in [6.45, 7) is 6.23. The van der Waals surface area contributed by atoms with E-state index in [1.54, 1.807) is 4.90 Å². The molecule has 0 bridgehead atoms. The van der Waals surface area contributed by atoms with Crippen molar-refractivity contribution < 1.29 is 9.59 Å². The van der Waals surface area contributed by atoms with Gasteiger partial charge in [0, 0.05) is 49.0 Å². The molecule has 1 aliphatic carbocycles. The third-order valence-electron chi connectivity index (χ3n) is 7.26. The van der Waals surface area contributed by atoms with E-state index in [0.29, 0.717) is 6.54 Å². The van der Waals surface area contributed by atoms with Crippen molar-refractivity contribution in [3.05, 3.63) is 46.9 Å². The first-order valence-electron chi connectivity index (χ1n) is 12.3. The quantitative estimate of drug-likeness (QED) is 0.779. The van der Waals surface area contributed by atoms with Gasteiger partial charge in [-0.05, 0) is 64.5 Å². The number of benzene rings is 1. The molecule has 1 aromatic heterocycles. The Morgan fingerprint density at radius 3 is 2.52 bits per heavy atom. The van der Waals surface area contributed by atoms with Crippen molar-refractivity contribution in [2.45, 2.75) is 64.8 Å². The number of fused-ring (bicyclic) bond motifs is 1. The predicted octanol–water partition coefficient (Wildman–Crippen LogP) is 3.11. The molecule has 2 amide bonds. The highest BCUT2D eigenvalue weighted by Crippen LogP contribution is 2.30. The van der Waals surface area contributed by atoms with E-state index in [9.17, 15) is 9.59 Å². The first-order valence-corrected chi connectivity index (χ1v) is 12.3. The summed E-state index contributed by atoms with van der Waals surface area (Å²) in [4.78, 5) is 39.1. The minimum Gasteiger partial charge on any atom is -0.356 e. The number of aromatic nitrogens is 2. The Morgan fingerprint density at radius 2 is 1.76 bits per heavy atom. The maximum Gasteiger partial charge on any atom is 0.227 e. The zero-order valence-corrected chi connectivity index (χ0v) is 19.6. The Morgan fingerprint density at radius 1 is 1.03 bits per heavy atom. The SMILES string of the molecule is Cc1ccc(N2C[C@H](C(=O)NC3CCN(c4nc(C)nc5c4CCCC5)CC3)CC2=O)cc1. The summed E-state index contributed by atoms with van der Waals surface area (Å²) >= 11 is 0. The minimum atomic E-state index is -0.284. The number of amides is 2. The van der Waals surface area contributed by atoms with Crippen LogP contribution in [0.5, 0.6) is 0 Å². The van der Waals surface area contributed by atoms with E-state index in [2.05, 4.69) is 15.2 Å².